The molecular weight excluding hydrogens is 414 g/mol. The van der Waals surface area contributed by atoms with Crippen molar-refractivity contribution in [2.75, 3.05) is 24.2 Å². The first kappa shape index (κ1) is 21.1. The summed E-state index contributed by atoms with van der Waals surface area (Å²) in [6.07, 6.45) is 1.10. The van der Waals surface area contributed by atoms with Gasteiger partial charge in [0.1, 0.15) is 4.32 Å². The largest absolute Gasteiger partial charge is 0.356 e. The van der Waals surface area contributed by atoms with Gasteiger partial charge in [-0.3, -0.25) is 9.59 Å². The van der Waals surface area contributed by atoms with Crippen LogP contribution < -0.4 is 10.9 Å². The number of pyridine rings is 1. The highest BCUT2D eigenvalue weighted by molar-refractivity contribution is 8.23. The number of hydrogen-bond acceptors (Lipinski definition) is 4. The van der Waals surface area contributed by atoms with Crippen LogP contribution >= 0.6 is 24.0 Å². The predicted molar refractivity (Wildman–Crippen MR) is 127 cm³/mol. The average Bonchev–Trinajstić information content (AvgIpc) is 2.73. The number of benzene rings is 1. The molecule has 0 aliphatic carbocycles. The zero-order valence-corrected chi connectivity index (χ0v) is 19.0. The highest BCUT2D eigenvalue weighted by Crippen LogP contribution is 2.36. The molecule has 2 atom stereocenters. The molecule has 0 unspecified atom stereocenters. The van der Waals surface area contributed by atoms with E-state index in [1.807, 2.05) is 34.9 Å². The minimum absolute atomic E-state index is 0.0475. The quantitative estimate of drug-likeness (QED) is 0.726. The van der Waals surface area contributed by atoms with Crippen molar-refractivity contribution < 1.29 is 4.79 Å². The molecular formula is C23H27N3O2S2. The maximum absolute atomic E-state index is 12.4. The van der Waals surface area contributed by atoms with Crippen LogP contribution in [-0.2, 0) is 11.3 Å². The van der Waals surface area contributed by atoms with Gasteiger partial charge in [0.05, 0.1) is 5.75 Å². The van der Waals surface area contributed by atoms with Gasteiger partial charge in [0.15, 0.2) is 0 Å². The van der Waals surface area contributed by atoms with Gasteiger partial charge < -0.3 is 14.8 Å². The highest BCUT2D eigenvalue weighted by Gasteiger charge is 2.35. The van der Waals surface area contributed by atoms with Crippen LogP contribution in [0.3, 0.4) is 0 Å². The van der Waals surface area contributed by atoms with Gasteiger partial charge in [0.25, 0.3) is 5.56 Å². The molecule has 0 saturated carbocycles. The lowest BCUT2D eigenvalue weighted by Gasteiger charge is -2.43. The summed E-state index contributed by atoms with van der Waals surface area (Å²) in [6.45, 7) is 6.71. The minimum atomic E-state index is -0.0475. The van der Waals surface area contributed by atoms with E-state index in [1.54, 1.807) is 6.07 Å². The maximum atomic E-state index is 12.4. The fourth-order valence-electron chi connectivity index (χ4n) is 4.41. The van der Waals surface area contributed by atoms with Crippen LogP contribution in [0.2, 0.25) is 0 Å². The molecule has 4 rings (SSSR count). The Morgan fingerprint density at radius 1 is 1.17 bits per heavy atom. The van der Waals surface area contributed by atoms with Gasteiger partial charge in [0, 0.05) is 43.0 Å². The number of carbonyl (C=O) groups excluding carboxylic acids is 1. The Morgan fingerprint density at radius 3 is 2.67 bits per heavy atom. The van der Waals surface area contributed by atoms with Crippen LogP contribution in [0.4, 0.5) is 5.69 Å². The molecule has 2 bridgehead atoms. The van der Waals surface area contributed by atoms with E-state index in [2.05, 4.69) is 30.1 Å². The van der Waals surface area contributed by atoms with Crippen molar-refractivity contribution in [1.29, 1.82) is 0 Å². The Bertz CT molecular complexity index is 1000. The molecule has 30 heavy (non-hydrogen) atoms. The van der Waals surface area contributed by atoms with Crippen LogP contribution in [0.25, 0.3) is 0 Å². The third-order valence-electron chi connectivity index (χ3n) is 5.93. The number of piperidine rings is 1. The first-order valence-electron chi connectivity index (χ1n) is 10.4. The molecule has 1 aromatic carbocycles. The summed E-state index contributed by atoms with van der Waals surface area (Å²) in [5, 5.41) is 2.95. The zero-order chi connectivity index (χ0) is 21.3. The summed E-state index contributed by atoms with van der Waals surface area (Å²) in [5.41, 5.74) is 3.26. The van der Waals surface area contributed by atoms with Crippen molar-refractivity contribution in [3.05, 3.63) is 64.1 Å². The van der Waals surface area contributed by atoms with E-state index < -0.39 is 0 Å². The lowest BCUT2D eigenvalue weighted by atomic mass is 9.83. The summed E-state index contributed by atoms with van der Waals surface area (Å²) >= 11 is 7.06. The van der Waals surface area contributed by atoms with Crippen molar-refractivity contribution in [3.63, 3.8) is 0 Å². The summed E-state index contributed by atoms with van der Waals surface area (Å²) in [4.78, 5) is 26.7. The van der Waals surface area contributed by atoms with Gasteiger partial charge in [-0.05, 0) is 42.0 Å². The van der Waals surface area contributed by atoms with Gasteiger partial charge in [-0.25, -0.2) is 0 Å². The Labute approximate surface area is 186 Å². The van der Waals surface area contributed by atoms with Crippen LogP contribution in [0.1, 0.15) is 43.4 Å². The molecule has 158 valence electrons. The minimum Gasteiger partial charge on any atom is -0.356 e. The van der Waals surface area contributed by atoms with E-state index in [9.17, 15) is 9.59 Å². The van der Waals surface area contributed by atoms with Crippen molar-refractivity contribution in [2.45, 2.75) is 38.6 Å². The number of aromatic nitrogens is 1. The van der Waals surface area contributed by atoms with Crippen molar-refractivity contribution >= 4 is 39.9 Å². The molecule has 1 aromatic heterocycles. The number of anilines is 1. The third kappa shape index (κ3) is 4.62. The van der Waals surface area contributed by atoms with E-state index >= 15 is 0 Å². The number of nitrogens with zero attached hydrogens (tertiary/aromatic N) is 2. The molecule has 5 nitrogen and oxygen atoms in total. The molecule has 7 heteroatoms. The first-order valence-corrected chi connectivity index (χ1v) is 11.8. The maximum Gasteiger partial charge on any atom is 0.250 e. The van der Waals surface area contributed by atoms with E-state index in [1.165, 1.54) is 17.3 Å². The lowest BCUT2D eigenvalue weighted by molar-refractivity contribution is -0.113. The summed E-state index contributed by atoms with van der Waals surface area (Å²) < 4.78 is 2.69. The van der Waals surface area contributed by atoms with Gasteiger partial charge in [-0.2, -0.15) is 0 Å². The van der Waals surface area contributed by atoms with Crippen molar-refractivity contribution in [2.24, 2.45) is 5.92 Å². The topological polar surface area (TPSA) is 54.3 Å². The Morgan fingerprint density at radius 2 is 1.93 bits per heavy atom. The molecule has 2 aliphatic heterocycles. The second-order valence-electron chi connectivity index (χ2n) is 8.48. The number of hydrogen-bond donors (Lipinski definition) is 1. The van der Waals surface area contributed by atoms with Crippen molar-refractivity contribution in [1.82, 2.24) is 9.47 Å². The molecule has 1 fully saturated rings. The smallest absolute Gasteiger partial charge is 0.250 e. The monoisotopic (exact) mass is 441 g/mol. The Balaban J connectivity index is 1.31. The van der Waals surface area contributed by atoms with E-state index in [-0.39, 0.29) is 11.5 Å². The standard InChI is InChI=1S/C23H27N3O2S2/c1-15(2)17-6-8-19(9-7-17)24-21(27)14-30-23(29)25-11-16-10-18(13-25)20-4-3-5-22(28)26(20)12-16/h3-9,15-16,18H,10-14H2,1-2H3,(H,24,27)/t16-,18+/m1/s1. The number of rotatable bonds is 4. The zero-order valence-electron chi connectivity index (χ0n) is 17.3. The van der Waals surface area contributed by atoms with Crippen LogP contribution in [0, 0.1) is 5.92 Å². The van der Waals surface area contributed by atoms with Crippen molar-refractivity contribution in [3.8, 4) is 0 Å². The van der Waals surface area contributed by atoms with E-state index in [0.717, 1.165) is 41.8 Å². The molecule has 3 heterocycles. The molecule has 0 radical (unpaired) electrons. The van der Waals surface area contributed by atoms with Gasteiger partial charge in [0.2, 0.25) is 5.91 Å². The molecule has 2 aliphatic rings. The number of nitrogens with one attached hydrogen (secondary N) is 1. The second-order valence-corrected chi connectivity index (χ2v) is 10.1. The number of thioether (sulfide) groups is 1. The van der Waals surface area contributed by atoms with Crippen LogP contribution in [0.15, 0.2) is 47.3 Å². The number of amides is 1. The van der Waals surface area contributed by atoms with E-state index in [4.69, 9.17) is 12.2 Å². The van der Waals surface area contributed by atoms with Crippen LogP contribution in [0.5, 0.6) is 0 Å². The fraction of sp³-hybridized carbons (Fsp3) is 0.435. The SMILES string of the molecule is CC(C)c1ccc(NC(=O)CSC(=S)N2C[C@H]3C[C@@H](C2)c2cccc(=O)n2C3)cc1. The molecule has 1 amide bonds. The normalized spacial score (nSPS) is 20.0. The predicted octanol–water partition coefficient (Wildman–Crippen LogP) is 4.05. The summed E-state index contributed by atoms with van der Waals surface area (Å²) in [6, 6.07) is 13.5. The molecule has 1 N–H and O–H groups in total. The van der Waals surface area contributed by atoms with Gasteiger partial charge in [-0.15, -0.1) is 0 Å². The third-order valence-corrected chi connectivity index (χ3v) is 7.45. The number of thiocarbonyl (C=S) groups is 1. The van der Waals surface area contributed by atoms with Gasteiger partial charge in [-0.1, -0.05) is 56.0 Å². The number of fused-ring (bicyclic) bond motifs is 4. The first-order chi connectivity index (χ1) is 14.4. The Hall–Kier alpha value is -2.12. The fourth-order valence-corrected chi connectivity index (χ4v) is 5.40. The molecule has 0 spiro atoms. The number of carbonyl (C=O) groups is 1. The molecule has 2 aromatic rings. The Kier molecular flexibility index (Phi) is 6.29. The summed E-state index contributed by atoms with van der Waals surface area (Å²) in [5.74, 6) is 1.46. The molecule has 1 saturated heterocycles. The summed E-state index contributed by atoms with van der Waals surface area (Å²) in [7, 11) is 0. The van der Waals surface area contributed by atoms with Crippen LogP contribution in [-0.4, -0.2) is 38.5 Å². The second kappa shape index (κ2) is 8.94. The van der Waals surface area contributed by atoms with Gasteiger partial charge >= 0.3 is 0 Å². The number of likely N-dealkylation sites (tertiary alicyclic amines) is 1. The lowest BCUT2D eigenvalue weighted by Crippen LogP contribution is -2.48. The van der Waals surface area contributed by atoms with E-state index in [0.29, 0.717) is 23.5 Å². The average molecular weight is 442 g/mol. The highest BCUT2D eigenvalue weighted by atomic mass is 32.2.